The molecule has 120 valence electrons. The SMILES string of the molecule is CCCCOc1cncnc1N(C)[C@H](CCO)CCCC. The van der Waals surface area contributed by atoms with Crippen LogP contribution in [0.25, 0.3) is 0 Å². The summed E-state index contributed by atoms with van der Waals surface area (Å²) in [7, 11) is 2.02. The van der Waals surface area contributed by atoms with E-state index in [1.165, 1.54) is 0 Å². The van der Waals surface area contributed by atoms with Crippen LogP contribution in [0.5, 0.6) is 5.75 Å². The summed E-state index contributed by atoms with van der Waals surface area (Å²) in [5.41, 5.74) is 0. The molecular weight excluding hydrogens is 266 g/mol. The van der Waals surface area contributed by atoms with Crippen LogP contribution in [0.2, 0.25) is 0 Å². The van der Waals surface area contributed by atoms with Gasteiger partial charge in [-0.2, -0.15) is 0 Å². The quantitative estimate of drug-likeness (QED) is 0.636. The van der Waals surface area contributed by atoms with Crippen LogP contribution >= 0.6 is 0 Å². The fraction of sp³-hybridized carbons (Fsp3) is 0.750. The lowest BCUT2D eigenvalue weighted by molar-refractivity contribution is 0.268. The van der Waals surface area contributed by atoms with Crippen molar-refractivity contribution in [1.29, 1.82) is 0 Å². The number of aliphatic hydroxyl groups is 1. The van der Waals surface area contributed by atoms with Crippen molar-refractivity contribution in [3.63, 3.8) is 0 Å². The zero-order valence-electron chi connectivity index (χ0n) is 13.6. The van der Waals surface area contributed by atoms with Crippen LogP contribution in [0.4, 0.5) is 5.82 Å². The van der Waals surface area contributed by atoms with Crippen molar-refractivity contribution in [3.05, 3.63) is 12.5 Å². The number of hydrogen-bond donors (Lipinski definition) is 1. The molecule has 1 aromatic rings. The highest BCUT2D eigenvalue weighted by atomic mass is 16.5. The molecule has 0 bridgehead atoms. The number of hydrogen-bond acceptors (Lipinski definition) is 5. The van der Waals surface area contributed by atoms with Crippen LogP contribution in [0.1, 0.15) is 52.4 Å². The minimum absolute atomic E-state index is 0.190. The third-order valence-corrected chi connectivity index (χ3v) is 3.65. The van der Waals surface area contributed by atoms with Gasteiger partial charge in [0.05, 0.1) is 12.8 Å². The Morgan fingerprint density at radius 3 is 2.67 bits per heavy atom. The molecule has 0 amide bonds. The zero-order valence-corrected chi connectivity index (χ0v) is 13.6. The van der Waals surface area contributed by atoms with Gasteiger partial charge < -0.3 is 14.7 Å². The molecular formula is C16H29N3O2. The molecule has 0 saturated carbocycles. The summed E-state index contributed by atoms with van der Waals surface area (Å²) in [5, 5.41) is 9.28. The monoisotopic (exact) mass is 295 g/mol. The molecule has 0 aliphatic rings. The molecule has 0 saturated heterocycles. The number of ether oxygens (including phenoxy) is 1. The molecule has 0 fully saturated rings. The molecule has 5 nitrogen and oxygen atoms in total. The van der Waals surface area contributed by atoms with Gasteiger partial charge in [0.15, 0.2) is 11.6 Å². The summed E-state index contributed by atoms with van der Waals surface area (Å²) in [6.07, 6.45) is 9.49. The number of unbranched alkanes of at least 4 members (excludes halogenated alkanes) is 2. The largest absolute Gasteiger partial charge is 0.488 e. The second-order valence-corrected chi connectivity index (χ2v) is 5.33. The van der Waals surface area contributed by atoms with Crippen LogP contribution in [-0.4, -0.2) is 41.4 Å². The highest BCUT2D eigenvalue weighted by Gasteiger charge is 2.19. The number of aliphatic hydroxyl groups excluding tert-OH is 1. The van der Waals surface area contributed by atoms with Crippen molar-refractivity contribution in [3.8, 4) is 5.75 Å². The molecule has 5 heteroatoms. The van der Waals surface area contributed by atoms with Gasteiger partial charge in [-0.1, -0.05) is 33.1 Å². The second kappa shape index (κ2) is 10.4. The first-order valence-electron chi connectivity index (χ1n) is 8.01. The van der Waals surface area contributed by atoms with E-state index < -0.39 is 0 Å². The predicted octanol–water partition coefficient (Wildman–Crippen LogP) is 3.03. The molecule has 0 unspecified atom stereocenters. The molecule has 1 heterocycles. The smallest absolute Gasteiger partial charge is 0.180 e. The lowest BCUT2D eigenvalue weighted by Crippen LogP contribution is -2.33. The Labute approximate surface area is 128 Å². The van der Waals surface area contributed by atoms with Crippen molar-refractivity contribution < 1.29 is 9.84 Å². The summed E-state index contributed by atoms with van der Waals surface area (Å²) < 4.78 is 5.80. The molecule has 0 aromatic carbocycles. The first kappa shape index (κ1) is 17.7. The lowest BCUT2D eigenvalue weighted by atomic mass is 10.1. The van der Waals surface area contributed by atoms with E-state index in [1.54, 1.807) is 12.5 Å². The van der Waals surface area contributed by atoms with Gasteiger partial charge in [-0.3, -0.25) is 0 Å². The van der Waals surface area contributed by atoms with Gasteiger partial charge in [-0.05, 0) is 19.3 Å². The summed E-state index contributed by atoms with van der Waals surface area (Å²) in [4.78, 5) is 10.6. The van der Waals surface area contributed by atoms with E-state index >= 15 is 0 Å². The maximum atomic E-state index is 9.28. The van der Waals surface area contributed by atoms with Crippen LogP contribution in [0, 0.1) is 0 Å². The number of nitrogens with zero attached hydrogens (tertiary/aromatic N) is 3. The lowest BCUT2D eigenvalue weighted by Gasteiger charge is -2.29. The van der Waals surface area contributed by atoms with E-state index in [0.29, 0.717) is 6.61 Å². The third-order valence-electron chi connectivity index (χ3n) is 3.65. The predicted molar refractivity (Wildman–Crippen MR) is 85.9 cm³/mol. The maximum absolute atomic E-state index is 9.28. The minimum atomic E-state index is 0.190. The van der Waals surface area contributed by atoms with Gasteiger partial charge in [0, 0.05) is 19.7 Å². The third kappa shape index (κ3) is 5.87. The number of rotatable bonds is 11. The van der Waals surface area contributed by atoms with Crippen LogP contribution < -0.4 is 9.64 Å². The highest BCUT2D eigenvalue weighted by Crippen LogP contribution is 2.27. The number of aromatic nitrogens is 2. The van der Waals surface area contributed by atoms with E-state index in [2.05, 4.69) is 28.7 Å². The molecule has 0 radical (unpaired) electrons. The maximum Gasteiger partial charge on any atom is 0.180 e. The van der Waals surface area contributed by atoms with Gasteiger partial charge in [-0.25, -0.2) is 9.97 Å². The van der Waals surface area contributed by atoms with Crippen LogP contribution in [-0.2, 0) is 0 Å². The summed E-state index contributed by atoms with van der Waals surface area (Å²) >= 11 is 0. The molecule has 1 rings (SSSR count). The van der Waals surface area contributed by atoms with Gasteiger partial charge in [0.25, 0.3) is 0 Å². The number of anilines is 1. The normalized spacial score (nSPS) is 12.2. The second-order valence-electron chi connectivity index (χ2n) is 5.33. The Morgan fingerprint density at radius 1 is 1.24 bits per heavy atom. The van der Waals surface area contributed by atoms with Crippen LogP contribution in [0.15, 0.2) is 12.5 Å². The average Bonchev–Trinajstić information content (AvgIpc) is 2.51. The first-order chi connectivity index (χ1) is 10.2. The van der Waals surface area contributed by atoms with Crippen molar-refractivity contribution in [1.82, 2.24) is 9.97 Å². The Morgan fingerprint density at radius 2 is 2.00 bits per heavy atom. The molecule has 0 aliphatic heterocycles. The van der Waals surface area contributed by atoms with Crippen molar-refractivity contribution >= 4 is 5.82 Å². The van der Waals surface area contributed by atoms with Gasteiger partial charge in [-0.15, -0.1) is 0 Å². The van der Waals surface area contributed by atoms with E-state index in [1.807, 2.05) is 7.05 Å². The van der Waals surface area contributed by atoms with E-state index in [0.717, 1.165) is 50.1 Å². The van der Waals surface area contributed by atoms with E-state index in [9.17, 15) is 5.11 Å². The van der Waals surface area contributed by atoms with Crippen molar-refractivity contribution in [2.75, 3.05) is 25.2 Å². The molecule has 21 heavy (non-hydrogen) atoms. The van der Waals surface area contributed by atoms with Gasteiger partial charge in [0.2, 0.25) is 0 Å². The molecule has 0 aliphatic carbocycles. The summed E-state index contributed by atoms with van der Waals surface area (Å²) in [6, 6.07) is 0.276. The highest BCUT2D eigenvalue weighted by molar-refractivity contribution is 5.50. The standard InChI is InChI=1S/C16H29N3O2/c1-4-6-8-14(9-10-20)19(3)16-15(12-17-13-18-16)21-11-7-5-2/h12-14,20H,4-11H2,1-3H3/t14-/m0/s1. The average molecular weight is 295 g/mol. The topological polar surface area (TPSA) is 58.5 Å². The summed E-state index contributed by atoms with van der Waals surface area (Å²) in [5.74, 6) is 1.54. The fourth-order valence-electron chi connectivity index (χ4n) is 2.30. The molecule has 1 aromatic heterocycles. The Kier molecular flexibility index (Phi) is 8.74. The Hall–Kier alpha value is -1.36. The van der Waals surface area contributed by atoms with Gasteiger partial charge in [0.1, 0.15) is 6.33 Å². The minimum Gasteiger partial charge on any atom is -0.488 e. The Balaban J connectivity index is 2.79. The first-order valence-corrected chi connectivity index (χ1v) is 8.01. The fourth-order valence-corrected chi connectivity index (χ4v) is 2.30. The van der Waals surface area contributed by atoms with E-state index in [-0.39, 0.29) is 12.6 Å². The van der Waals surface area contributed by atoms with Crippen molar-refractivity contribution in [2.45, 2.75) is 58.4 Å². The summed E-state index contributed by atoms with van der Waals surface area (Å²) in [6.45, 7) is 5.19. The molecule has 1 atom stereocenters. The Bertz CT molecular complexity index is 388. The molecule has 1 N–H and O–H groups in total. The van der Waals surface area contributed by atoms with Gasteiger partial charge >= 0.3 is 0 Å². The molecule has 0 spiro atoms. The van der Waals surface area contributed by atoms with Crippen LogP contribution in [0.3, 0.4) is 0 Å². The zero-order chi connectivity index (χ0) is 15.5. The van der Waals surface area contributed by atoms with Crippen molar-refractivity contribution in [2.24, 2.45) is 0 Å². The van der Waals surface area contributed by atoms with E-state index in [4.69, 9.17) is 4.74 Å².